The summed E-state index contributed by atoms with van der Waals surface area (Å²) in [6, 6.07) is 0. The maximum atomic E-state index is 11.2. The van der Waals surface area contributed by atoms with Crippen LogP contribution in [-0.4, -0.2) is 22.2 Å². The van der Waals surface area contributed by atoms with E-state index in [0.717, 1.165) is 25.7 Å². The van der Waals surface area contributed by atoms with Crippen LogP contribution in [-0.2, 0) is 9.59 Å². The van der Waals surface area contributed by atoms with E-state index in [1.54, 1.807) is 0 Å². The third-order valence-corrected chi connectivity index (χ3v) is 3.47. The fourth-order valence-electron chi connectivity index (χ4n) is 2.79. The summed E-state index contributed by atoms with van der Waals surface area (Å²) in [5.74, 6) is -1.59. The third kappa shape index (κ3) is 8.62. The molecule has 19 heavy (non-hydrogen) atoms. The number of carboxylic acids is 2. The van der Waals surface area contributed by atoms with Gasteiger partial charge in [-0.05, 0) is 30.6 Å². The van der Waals surface area contributed by atoms with Gasteiger partial charge < -0.3 is 10.2 Å². The van der Waals surface area contributed by atoms with Crippen LogP contribution in [0.3, 0.4) is 0 Å². The van der Waals surface area contributed by atoms with Crippen molar-refractivity contribution in [1.82, 2.24) is 0 Å². The molecule has 0 aliphatic carbocycles. The summed E-state index contributed by atoms with van der Waals surface area (Å²) in [5, 5.41) is 18.1. The minimum atomic E-state index is -0.794. The Balaban J connectivity index is 4.36. The van der Waals surface area contributed by atoms with E-state index < -0.39 is 11.9 Å². The van der Waals surface area contributed by atoms with Crippen molar-refractivity contribution in [2.24, 2.45) is 17.3 Å². The topological polar surface area (TPSA) is 74.6 Å². The number of carbonyl (C=O) groups is 2. The minimum absolute atomic E-state index is 0.129. The summed E-state index contributed by atoms with van der Waals surface area (Å²) in [4.78, 5) is 22.0. The first-order valence-electron chi connectivity index (χ1n) is 7.12. The minimum Gasteiger partial charge on any atom is -0.481 e. The van der Waals surface area contributed by atoms with E-state index in [0.29, 0.717) is 6.42 Å². The van der Waals surface area contributed by atoms with Crippen molar-refractivity contribution in [2.75, 3.05) is 0 Å². The normalized spacial score (nSPS) is 14.9. The van der Waals surface area contributed by atoms with Crippen LogP contribution >= 0.6 is 0 Å². The highest BCUT2D eigenvalue weighted by Gasteiger charge is 2.27. The SMILES string of the molecule is CCCCC(CC(C)CC(C)(C)CC(=O)O)C(=O)O. The van der Waals surface area contributed by atoms with E-state index in [1.807, 2.05) is 20.8 Å². The maximum absolute atomic E-state index is 11.2. The van der Waals surface area contributed by atoms with Crippen molar-refractivity contribution in [3.63, 3.8) is 0 Å². The number of unbranched alkanes of at least 4 members (excludes halogenated alkanes) is 1. The van der Waals surface area contributed by atoms with Gasteiger partial charge in [-0.15, -0.1) is 0 Å². The molecule has 2 N–H and O–H groups in total. The lowest BCUT2D eigenvalue weighted by Gasteiger charge is -2.27. The number of aliphatic carboxylic acids is 2. The molecular formula is C15H28O4. The lowest BCUT2D eigenvalue weighted by Crippen LogP contribution is -2.23. The van der Waals surface area contributed by atoms with Gasteiger partial charge in [-0.2, -0.15) is 0 Å². The van der Waals surface area contributed by atoms with E-state index >= 15 is 0 Å². The molecule has 0 spiro atoms. The molecule has 0 aliphatic heterocycles. The van der Waals surface area contributed by atoms with Crippen LogP contribution in [0.5, 0.6) is 0 Å². The highest BCUT2D eigenvalue weighted by molar-refractivity contribution is 5.70. The van der Waals surface area contributed by atoms with Crippen molar-refractivity contribution in [3.05, 3.63) is 0 Å². The van der Waals surface area contributed by atoms with E-state index in [2.05, 4.69) is 6.92 Å². The average molecular weight is 272 g/mol. The van der Waals surface area contributed by atoms with E-state index in [4.69, 9.17) is 5.11 Å². The molecule has 0 bridgehead atoms. The zero-order valence-electron chi connectivity index (χ0n) is 12.6. The Morgan fingerprint density at radius 2 is 1.79 bits per heavy atom. The molecule has 0 saturated carbocycles. The Hall–Kier alpha value is -1.06. The molecule has 0 radical (unpaired) electrons. The second-order valence-corrected chi connectivity index (χ2v) is 6.46. The zero-order valence-corrected chi connectivity index (χ0v) is 12.6. The highest BCUT2D eigenvalue weighted by Crippen LogP contribution is 2.32. The maximum Gasteiger partial charge on any atom is 0.306 e. The van der Waals surface area contributed by atoms with Gasteiger partial charge in [0.25, 0.3) is 0 Å². The predicted octanol–water partition coefficient (Wildman–Crippen LogP) is 3.79. The van der Waals surface area contributed by atoms with Crippen molar-refractivity contribution in [3.8, 4) is 0 Å². The van der Waals surface area contributed by atoms with E-state index in [-0.39, 0.29) is 23.7 Å². The molecule has 0 saturated heterocycles. The van der Waals surface area contributed by atoms with Crippen LogP contribution in [0.2, 0.25) is 0 Å². The Bertz CT molecular complexity index is 297. The molecule has 4 nitrogen and oxygen atoms in total. The van der Waals surface area contributed by atoms with Crippen molar-refractivity contribution < 1.29 is 19.8 Å². The van der Waals surface area contributed by atoms with E-state index in [9.17, 15) is 14.7 Å². The second-order valence-electron chi connectivity index (χ2n) is 6.46. The summed E-state index contributed by atoms with van der Waals surface area (Å²) >= 11 is 0. The molecule has 0 aliphatic rings. The van der Waals surface area contributed by atoms with Gasteiger partial charge in [0.15, 0.2) is 0 Å². The van der Waals surface area contributed by atoms with Crippen LogP contribution in [0.4, 0.5) is 0 Å². The van der Waals surface area contributed by atoms with Gasteiger partial charge in [0.1, 0.15) is 0 Å². The number of carboxylic acid groups (broad SMARTS) is 2. The fourth-order valence-corrected chi connectivity index (χ4v) is 2.79. The smallest absolute Gasteiger partial charge is 0.306 e. The molecule has 0 aromatic rings. The average Bonchev–Trinajstić information content (AvgIpc) is 2.20. The fraction of sp³-hybridized carbons (Fsp3) is 0.867. The van der Waals surface area contributed by atoms with Crippen LogP contribution in [0.1, 0.15) is 66.2 Å². The summed E-state index contributed by atoms with van der Waals surface area (Å²) in [5.41, 5.74) is -0.279. The molecule has 0 aromatic heterocycles. The first-order valence-corrected chi connectivity index (χ1v) is 7.12. The van der Waals surface area contributed by atoms with E-state index in [1.165, 1.54) is 0 Å². The molecular weight excluding hydrogens is 244 g/mol. The summed E-state index contributed by atoms with van der Waals surface area (Å²) < 4.78 is 0. The summed E-state index contributed by atoms with van der Waals surface area (Å²) in [7, 11) is 0. The van der Waals surface area contributed by atoms with Crippen molar-refractivity contribution in [2.45, 2.75) is 66.2 Å². The van der Waals surface area contributed by atoms with Gasteiger partial charge >= 0.3 is 11.9 Å². The van der Waals surface area contributed by atoms with Crippen LogP contribution < -0.4 is 0 Å². The highest BCUT2D eigenvalue weighted by atomic mass is 16.4. The van der Waals surface area contributed by atoms with Gasteiger partial charge in [-0.25, -0.2) is 0 Å². The Morgan fingerprint density at radius 3 is 2.21 bits per heavy atom. The monoisotopic (exact) mass is 272 g/mol. The van der Waals surface area contributed by atoms with Crippen LogP contribution in [0.15, 0.2) is 0 Å². The lowest BCUT2D eigenvalue weighted by molar-refractivity contribution is -0.143. The molecule has 0 aromatic carbocycles. The number of hydrogen-bond donors (Lipinski definition) is 2. The molecule has 112 valence electrons. The van der Waals surface area contributed by atoms with Gasteiger partial charge in [0, 0.05) is 0 Å². The first kappa shape index (κ1) is 17.9. The third-order valence-electron chi connectivity index (χ3n) is 3.47. The molecule has 0 rings (SSSR count). The first-order chi connectivity index (χ1) is 8.68. The standard InChI is InChI=1S/C15H28O4/c1-5-6-7-12(14(18)19)8-11(2)9-15(3,4)10-13(16)17/h11-12H,5-10H2,1-4H3,(H,16,17)(H,18,19). The molecule has 2 unspecified atom stereocenters. The Labute approximate surface area is 116 Å². The Kier molecular flexibility index (Phi) is 7.72. The van der Waals surface area contributed by atoms with Gasteiger partial charge in [0.2, 0.25) is 0 Å². The van der Waals surface area contributed by atoms with Crippen molar-refractivity contribution in [1.29, 1.82) is 0 Å². The number of rotatable bonds is 10. The quantitative estimate of drug-likeness (QED) is 0.634. The van der Waals surface area contributed by atoms with Gasteiger partial charge in [0.05, 0.1) is 12.3 Å². The predicted molar refractivity (Wildman–Crippen MR) is 75.1 cm³/mol. The largest absolute Gasteiger partial charge is 0.481 e. The second kappa shape index (κ2) is 8.18. The van der Waals surface area contributed by atoms with Gasteiger partial charge in [-0.3, -0.25) is 9.59 Å². The molecule has 0 fully saturated rings. The molecule has 0 heterocycles. The molecule has 2 atom stereocenters. The molecule has 4 heteroatoms. The van der Waals surface area contributed by atoms with Crippen LogP contribution in [0, 0.1) is 17.3 Å². The van der Waals surface area contributed by atoms with Crippen molar-refractivity contribution >= 4 is 11.9 Å². The summed E-state index contributed by atoms with van der Waals surface area (Å²) in [6.07, 6.45) is 4.16. The van der Waals surface area contributed by atoms with Gasteiger partial charge in [-0.1, -0.05) is 40.5 Å². The molecule has 0 amide bonds. The van der Waals surface area contributed by atoms with Crippen LogP contribution in [0.25, 0.3) is 0 Å². The lowest BCUT2D eigenvalue weighted by atomic mass is 9.77. The summed E-state index contributed by atoms with van der Waals surface area (Å²) in [6.45, 7) is 7.93. The zero-order chi connectivity index (χ0) is 15.1. The number of hydrogen-bond acceptors (Lipinski definition) is 2. The Morgan fingerprint density at radius 1 is 1.21 bits per heavy atom.